The fourth-order valence-electron chi connectivity index (χ4n) is 2.89. The first-order valence-electron chi connectivity index (χ1n) is 7.62. The van der Waals surface area contributed by atoms with Gasteiger partial charge in [0.25, 0.3) is 0 Å². The van der Waals surface area contributed by atoms with Crippen molar-refractivity contribution in [1.29, 1.82) is 0 Å². The molecule has 0 aliphatic heterocycles. The van der Waals surface area contributed by atoms with Crippen LogP contribution in [0, 0.1) is 5.92 Å². The number of nitrogens with two attached hydrogens (primary N) is 1. The molecule has 0 aromatic carbocycles. The summed E-state index contributed by atoms with van der Waals surface area (Å²) in [6, 6.07) is 0. The van der Waals surface area contributed by atoms with Crippen molar-refractivity contribution >= 4 is 0 Å². The molecule has 0 aromatic heterocycles. The van der Waals surface area contributed by atoms with Gasteiger partial charge in [0.1, 0.15) is 0 Å². The molecule has 0 spiro atoms. The lowest BCUT2D eigenvalue weighted by atomic mass is 9.76. The lowest BCUT2D eigenvalue weighted by Gasteiger charge is -2.45. The number of nitrogens with zero attached hydrogens (tertiary/aromatic N) is 1. The van der Waals surface area contributed by atoms with Gasteiger partial charge in [-0.25, -0.2) is 0 Å². The molecule has 0 aromatic rings. The molecule has 4 nitrogen and oxygen atoms in total. The van der Waals surface area contributed by atoms with Crippen molar-refractivity contribution in [3.63, 3.8) is 0 Å². The van der Waals surface area contributed by atoms with Crippen LogP contribution in [-0.4, -0.2) is 57.5 Å². The average molecular weight is 272 g/mol. The number of likely N-dealkylation sites (N-methyl/N-ethyl adjacent to an activating group) is 1. The minimum atomic E-state index is 0.211. The number of hydrogen-bond donors (Lipinski definition) is 1. The van der Waals surface area contributed by atoms with Crippen LogP contribution in [0.4, 0.5) is 0 Å². The van der Waals surface area contributed by atoms with Gasteiger partial charge in [-0.2, -0.15) is 0 Å². The van der Waals surface area contributed by atoms with Crippen LogP contribution < -0.4 is 5.73 Å². The highest BCUT2D eigenvalue weighted by molar-refractivity contribution is 4.94. The molecule has 4 heteroatoms. The third kappa shape index (κ3) is 5.38. The zero-order valence-electron chi connectivity index (χ0n) is 13.0. The second kappa shape index (κ2) is 8.90. The van der Waals surface area contributed by atoms with Crippen molar-refractivity contribution in [3.05, 3.63) is 0 Å². The Morgan fingerprint density at radius 1 is 1.21 bits per heavy atom. The zero-order valence-corrected chi connectivity index (χ0v) is 13.0. The molecule has 0 bridgehead atoms. The molecule has 1 rings (SSSR count). The van der Waals surface area contributed by atoms with Crippen molar-refractivity contribution in [2.45, 2.75) is 44.6 Å². The molecule has 19 heavy (non-hydrogen) atoms. The standard InChI is InChI=1S/C15H32N2O2/c1-14-5-7-15(13-16,8-6-14)17(2)9-12-19-11-4-10-18-3/h14H,4-13,16H2,1-3H3. The summed E-state index contributed by atoms with van der Waals surface area (Å²) >= 11 is 0. The first kappa shape index (κ1) is 16.9. The molecule has 0 unspecified atom stereocenters. The van der Waals surface area contributed by atoms with E-state index in [4.69, 9.17) is 15.2 Å². The lowest BCUT2D eigenvalue weighted by Crippen LogP contribution is -2.54. The Hall–Kier alpha value is -0.160. The third-order valence-electron chi connectivity index (χ3n) is 4.60. The normalized spacial score (nSPS) is 27.9. The van der Waals surface area contributed by atoms with Crippen LogP contribution in [0.25, 0.3) is 0 Å². The van der Waals surface area contributed by atoms with Crippen LogP contribution in [0.5, 0.6) is 0 Å². The summed E-state index contributed by atoms with van der Waals surface area (Å²) in [4.78, 5) is 2.43. The highest BCUT2D eigenvalue weighted by atomic mass is 16.5. The van der Waals surface area contributed by atoms with E-state index in [9.17, 15) is 0 Å². The van der Waals surface area contributed by atoms with Gasteiger partial charge in [-0.1, -0.05) is 6.92 Å². The summed E-state index contributed by atoms with van der Waals surface area (Å²) in [7, 11) is 3.92. The molecule has 0 radical (unpaired) electrons. The monoisotopic (exact) mass is 272 g/mol. The molecule has 0 amide bonds. The van der Waals surface area contributed by atoms with Crippen LogP contribution in [0.1, 0.15) is 39.0 Å². The van der Waals surface area contributed by atoms with Crippen molar-refractivity contribution in [3.8, 4) is 0 Å². The summed E-state index contributed by atoms with van der Waals surface area (Å²) in [5, 5.41) is 0. The van der Waals surface area contributed by atoms with Gasteiger partial charge in [0.15, 0.2) is 0 Å². The summed E-state index contributed by atoms with van der Waals surface area (Å²) < 4.78 is 10.6. The van der Waals surface area contributed by atoms with E-state index in [0.29, 0.717) is 0 Å². The number of ether oxygens (including phenoxy) is 2. The largest absolute Gasteiger partial charge is 0.385 e. The van der Waals surface area contributed by atoms with Gasteiger partial charge in [-0.15, -0.1) is 0 Å². The van der Waals surface area contributed by atoms with Crippen molar-refractivity contribution in [2.24, 2.45) is 11.7 Å². The van der Waals surface area contributed by atoms with E-state index in [1.807, 2.05) is 0 Å². The Morgan fingerprint density at radius 2 is 1.89 bits per heavy atom. The topological polar surface area (TPSA) is 47.7 Å². The maximum absolute atomic E-state index is 6.06. The minimum absolute atomic E-state index is 0.211. The van der Waals surface area contributed by atoms with E-state index in [1.165, 1.54) is 25.7 Å². The Morgan fingerprint density at radius 3 is 2.47 bits per heavy atom. The molecule has 1 aliphatic carbocycles. The quantitative estimate of drug-likeness (QED) is 0.651. The summed E-state index contributed by atoms with van der Waals surface area (Å²) in [6.45, 7) is 6.43. The molecule has 1 aliphatic rings. The average Bonchev–Trinajstić information content (AvgIpc) is 2.43. The maximum atomic E-state index is 6.06. The molecule has 0 saturated heterocycles. The van der Waals surface area contributed by atoms with E-state index in [-0.39, 0.29) is 5.54 Å². The van der Waals surface area contributed by atoms with Crippen LogP contribution in [-0.2, 0) is 9.47 Å². The Balaban J connectivity index is 2.24. The van der Waals surface area contributed by atoms with E-state index in [2.05, 4.69) is 18.9 Å². The van der Waals surface area contributed by atoms with E-state index in [0.717, 1.165) is 45.2 Å². The number of rotatable bonds is 9. The van der Waals surface area contributed by atoms with Gasteiger partial charge in [-0.05, 0) is 45.1 Å². The van der Waals surface area contributed by atoms with E-state index >= 15 is 0 Å². The van der Waals surface area contributed by atoms with Gasteiger partial charge in [0.2, 0.25) is 0 Å². The Bertz CT molecular complexity index is 228. The van der Waals surface area contributed by atoms with Crippen LogP contribution in [0.3, 0.4) is 0 Å². The Kier molecular flexibility index (Phi) is 7.91. The Labute approximate surface area is 118 Å². The number of hydrogen-bond acceptors (Lipinski definition) is 4. The van der Waals surface area contributed by atoms with E-state index < -0.39 is 0 Å². The molecular formula is C15H32N2O2. The molecule has 2 N–H and O–H groups in total. The SMILES string of the molecule is COCCCOCCN(C)C1(CN)CCC(C)CC1. The highest BCUT2D eigenvalue weighted by Crippen LogP contribution is 2.34. The summed E-state index contributed by atoms with van der Waals surface area (Å²) in [5.41, 5.74) is 6.27. The first-order valence-corrected chi connectivity index (χ1v) is 7.62. The van der Waals surface area contributed by atoms with Crippen LogP contribution in [0.15, 0.2) is 0 Å². The van der Waals surface area contributed by atoms with Crippen molar-refractivity contribution in [2.75, 3.05) is 47.1 Å². The fraction of sp³-hybridized carbons (Fsp3) is 1.00. The van der Waals surface area contributed by atoms with Gasteiger partial charge >= 0.3 is 0 Å². The highest BCUT2D eigenvalue weighted by Gasteiger charge is 2.36. The van der Waals surface area contributed by atoms with Gasteiger partial charge in [0.05, 0.1) is 6.61 Å². The predicted molar refractivity (Wildman–Crippen MR) is 79.4 cm³/mol. The minimum Gasteiger partial charge on any atom is -0.385 e. The molecular weight excluding hydrogens is 240 g/mol. The van der Waals surface area contributed by atoms with Crippen LogP contribution >= 0.6 is 0 Å². The molecule has 0 atom stereocenters. The van der Waals surface area contributed by atoms with Gasteiger partial charge < -0.3 is 15.2 Å². The predicted octanol–water partition coefficient (Wildman–Crippen LogP) is 1.88. The summed E-state index contributed by atoms with van der Waals surface area (Å²) in [6.07, 6.45) is 6.03. The zero-order chi connectivity index (χ0) is 14.1. The molecule has 114 valence electrons. The molecule has 1 fully saturated rings. The first-order chi connectivity index (χ1) is 9.14. The third-order valence-corrected chi connectivity index (χ3v) is 4.60. The van der Waals surface area contributed by atoms with Crippen molar-refractivity contribution in [1.82, 2.24) is 4.90 Å². The van der Waals surface area contributed by atoms with Crippen LogP contribution in [0.2, 0.25) is 0 Å². The van der Waals surface area contributed by atoms with E-state index in [1.54, 1.807) is 7.11 Å². The second-order valence-electron chi connectivity index (χ2n) is 5.99. The second-order valence-corrected chi connectivity index (χ2v) is 5.99. The fourth-order valence-corrected chi connectivity index (χ4v) is 2.89. The van der Waals surface area contributed by atoms with Crippen molar-refractivity contribution < 1.29 is 9.47 Å². The smallest absolute Gasteiger partial charge is 0.0593 e. The molecule has 0 heterocycles. The van der Waals surface area contributed by atoms with Gasteiger partial charge in [0, 0.05) is 39.0 Å². The lowest BCUT2D eigenvalue weighted by molar-refractivity contribution is 0.0299. The van der Waals surface area contributed by atoms with Gasteiger partial charge in [-0.3, -0.25) is 4.90 Å². The molecule has 1 saturated carbocycles. The summed E-state index contributed by atoms with van der Waals surface area (Å²) in [5.74, 6) is 0.860. The number of methoxy groups -OCH3 is 1. The maximum Gasteiger partial charge on any atom is 0.0593 e.